The predicted molar refractivity (Wildman–Crippen MR) is 131 cm³/mol. The fraction of sp³-hybridized carbons (Fsp3) is 0.231. The summed E-state index contributed by atoms with van der Waals surface area (Å²) in [4.78, 5) is 36.8. The van der Waals surface area contributed by atoms with Crippen LogP contribution in [0.4, 0.5) is 5.69 Å². The van der Waals surface area contributed by atoms with E-state index in [1.807, 2.05) is 54.6 Å². The fourth-order valence-electron chi connectivity index (χ4n) is 3.92. The first-order valence-electron chi connectivity index (χ1n) is 11.1. The van der Waals surface area contributed by atoms with Gasteiger partial charge in [0.15, 0.2) is 0 Å². The number of amides is 2. The third-order valence-corrected chi connectivity index (χ3v) is 5.60. The molecule has 34 heavy (non-hydrogen) atoms. The Morgan fingerprint density at radius 2 is 1.82 bits per heavy atom. The maximum Gasteiger partial charge on any atom is 0.254 e. The number of anilines is 1. The number of carbonyl (C=O) groups is 2. The molecular weight excluding hydrogens is 430 g/mol. The first-order chi connectivity index (χ1) is 16.7. The molecule has 3 aromatic rings. The summed E-state index contributed by atoms with van der Waals surface area (Å²) in [5.41, 5.74) is 4.09. The van der Waals surface area contributed by atoms with Crippen LogP contribution in [0, 0.1) is 0 Å². The summed E-state index contributed by atoms with van der Waals surface area (Å²) in [5.74, 6) is -0.432. The monoisotopic (exact) mass is 457 g/mol. The number of hydrogen-bond donors (Lipinski definition) is 2. The van der Waals surface area contributed by atoms with Gasteiger partial charge in [0.2, 0.25) is 5.91 Å². The van der Waals surface area contributed by atoms with Crippen LogP contribution in [0.5, 0.6) is 0 Å². The Balaban J connectivity index is 1.41. The van der Waals surface area contributed by atoms with Gasteiger partial charge < -0.3 is 20.4 Å². The highest BCUT2D eigenvalue weighted by Crippen LogP contribution is 2.22. The third-order valence-electron chi connectivity index (χ3n) is 5.60. The molecule has 0 bridgehead atoms. The Hall–Kier alpha value is -4.20. The van der Waals surface area contributed by atoms with Crippen molar-refractivity contribution < 1.29 is 14.4 Å². The predicted octanol–water partition coefficient (Wildman–Crippen LogP) is 3.19. The Labute approximate surface area is 198 Å². The molecule has 0 unspecified atom stereocenters. The number of rotatable bonds is 8. The molecular formula is C26H27N5O3. The fourth-order valence-corrected chi connectivity index (χ4v) is 3.92. The first kappa shape index (κ1) is 23.0. The van der Waals surface area contributed by atoms with Gasteiger partial charge in [0.25, 0.3) is 5.91 Å². The van der Waals surface area contributed by atoms with Gasteiger partial charge in [-0.05, 0) is 41.5 Å². The van der Waals surface area contributed by atoms with Crippen LogP contribution < -0.4 is 10.6 Å². The highest BCUT2D eigenvalue weighted by atomic mass is 16.6. The molecule has 0 spiro atoms. The van der Waals surface area contributed by atoms with Gasteiger partial charge in [-0.2, -0.15) is 0 Å². The molecule has 4 rings (SSSR count). The van der Waals surface area contributed by atoms with Crippen molar-refractivity contribution in [3.63, 3.8) is 0 Å². The highest BCUT2D eigenvalue weighted by Gasteiger charge is 2.38. The molecule has 2 aromatic carbocycles. The number of oxime groups is 1. The number of hydrogen-bond acceptors (Lipinski definition) is 6. The maximum atomic E-state index is 13.3. The summed E-state index contributed by atoms with van der Waals surface area (Å²) in [5, 5.41) is 10.2. The van der Waals surface area contributed by atoms with Gasteiger partial charge in [-0.1, -0.05) is 41.6 Å². The maximum absolute atomic E-state index is 13.3. The zero-order valence-corrected chi connectivity index (χ0v) is 19.0. The van der Waals surface area contributed by atoms with E-state index in [9.17, 15) is 9.59 Å². The van der Waals surface area contributed by atoms with Crippen molar-refractivity contribution in [1.29, 1.82) is 0 Å². The van der Waals surface area contributed by atoms with Crippen LogP contribution in [0.3, 0.4) is 0 Å². The zero-order chi connectivity index (χ0) is 23.8. The van der Waals surface area contributed by atoms with E-state index in [-0.39, 0.29) is 18.4 Å². The van der Waals surface area contributed by atoms with E-state index in [4.69, 9.17) is 4.84 Å². The van der Waals surface area contributed by atoms with Gasteiger partial charge in [-0.15, -0.1) is 0 Å². The number of nitrogens with one attached hydrogen (secondary N) is 2. The number of pyridine rings is 1. The molecule has 2 heterocycles. The third kappa shape index (κ3) is 5.58. The van der Waals surface area contributed by atoms with Crippen molar-refractivity contribution in [2.75, 3.05) is 32.1 Å². The molecule has 1 aliphatic heterocycles. The summed E-state index contributed by atoms with van der Waals surface area (Å²) in [6.07, 6.45) is 3.83. The van der Waals surface area contributed by atoms with Crippen LogP contribution in [0.2, 0.25) is 0 Å². The van der Waals surface area contributed by atoms with E-state index in [1.54, 1.807) is 29.4 Å². The minimum absolute atomic E-state index is 0.212. The van der Waals surface area contributed by atoms with E-state index in [0.717, 1.165) is 16.8 Å². The second kappa shape index (κ2) is 11.1. The summed E-state index contributed by atoms with van der Waals surface area (Å²) in [6.45, 7) is 1.26. The Kier molecular flexibility index (Phi) is 7.49. The first-order valence-corrected chi connectivity index (χ1v) is 11.1. The second-order valence-electron chi connectivity index (χ2n) is 7.90. The van der Waals surface area contributed by atoms with Gasteiger partial charge in [0.1, 0.15) is 13.2 Å². The van der Waals surface area contributed by atoms with E-state index >= 15 is 0 Å². The Morgan fingerprint density at radius 3 is 2.53 bits per heavy atom. The van der Waals surface area contributed by atoms with Gasteiger partial charge in [0, 0.05) is 43.2 Å². The molecule has 0 radical (unpaired) electrons. The average Bonchev–Trinajstić information content (AvgIpc) is 3.31. The quantitative estimate of drug-likeness (QED) is 0.400. The van der Waals surface area contributed by atoms with Gasteiger partial charge in [0.05, 0.1) is 12.3 Å². The Morgan fingerprint density at radius 1 is 1.03 bits per heavy atom. The number of likely N-dealkylation sites (tertiary alicyclic amines) is 1. The minimum atomic E-state index is -0.642. The molecule has 174 valence electrons. The summed E-state index contributed by atoms with van der Waals surface area (Å²) in [7, 11) is 1.46. The lowest BCUT2D eigenvalue weighted by Crippen LogP contribution is -2.46. The van der Waals surface area contributed by atoms with Crippen LogP contribution in [-0.4, -0.2) is 60.2 Å². The minimum Gasteiger partial charge on any atom is -0.399 e. The van der Waals surface area contributed by atoms with Gasteiger partial charge >= 0.3 is 0 Å². The largest absolute Gasteiger partial charge is 0.399 e. The van der Waals surface area contributed by atoms with Crippen LogP contribution >= 0.6 is 0 Å². The van der Waals surface area contributed by atoms with Crippen molar-refractivity contribution in [2.45, 2.75) is 12.5 Å². The molecule has 2 N–H and O–H groups in total. The molecule has 1 aromatic heterocycles. The number of carbonyl (C=O) groups excluding carboxylic acids is 2. The normalized spacial score (nSPS) is 16.3. The van der Waals surface area contributed by atoms with Crippen molar-refractivity contribution in [1.82, 2.24) is 15.2 Å². The summed E-state index contributed by atoms with van der Waals surface area (Å²) < 4.78 is 0. The van der Waals surface area contributed by atoms with Gasteiger partial charge in [-0.25, -0.2) is 0 Å². The zero-order valence-electron chi connectivity index (χ0n) is 19.0. The molecule has 0 saturated carbocycles. The van der Waals surface area contributed by atoms with Crippen molar-refractivity contribution in [3.8, 4) is 11.1 Å². The van der Waals surface area contributed by atoms with Crippen LogP contribution in [0.25, 0.3) is 11.1 Å². The lowest BCUT2D eigenvalue weighted by Gasteiger charge is -2.23. The standard InChI is InChI=1S/C26H27N5O3/c1-34-30-23-16-24(25(32)29-15-14-28-22-7-3-2-4-8-22)31(18-23)26(33)20-11-9-19(10-12-20)21-6-5-13-27-17-21/h2-13,17,24,28H,14-16,18H2,1H3,(H,29,32)/b30-23-/t24-/m0/s1. The van der Waals surface area contributed by atoms with E-state index in [2.05, 4.69) is 20.8 Å². The molecule has 8 nitrogen and oxygen atoms in total. The summed E-state index contributed by atoms with van der Waals surface area (Å²) >= 11 is 0. The lowest BCUT2D eigenvalue weighted by atomic mass is 10.0. The van der Waals surface area contributed by atoms with Crippen molar-refractivity contribution >= 4 is 23.2 Å². The molecule has 1 saturated heterocycles. The van der Waals surface area contributed by atoms with E-state index in [1.165, 1.54) is 7.11 Å². The topological polar surface area (TPSA) is 95.9 Å². The molecule has 2 amide bonds. The number of aromatic nitrogens is 1. The number of benzene rings is 2. The molecule has 0 aliphatic carbocycles. The second-order valence-corrected chi connectivity index (χ2v) is 7.90. The number of nitrogens with zero attached hydrogens (tertiary/aromatic N) is 3. The molecule has 1 fully saturated rings. The molecule has 1 atom stereocenters. The van der Waals surface area contributed by atoms with Crippen LogP contribution in [0.1, 0.15) is 16.8 Å². The molecule has 1 aliphatic rings. The summed E-state index contributed by atoms with van der Waals surface area (Å²) in [6, 6.07) is 20.3. The number of para-hydroxylation sites is 1. The van der Waals surface area contributed by atoms with Crippen LogP contribution in [-0.2, 0) is 9.63 Å². The average molecular weight is 458 g/mol. The Bertz CT molecular complexity index is 1130. The van der Waals surface area contributed by atoms with Crippen molar-refractivity contribution in [3.05, 3.63) is 84.7 Å². The van der Waals surface area contributed by atoms with E-state index < -0.39 is 6.04 Å². The smallest absolute Gasteiger partial charge is 0.254 e. The lowest BCUT2D eigenvalue weighted by molar-refractivity contribution is -0.124. The van der Waals surface area contributed by atoms with Crippen LogP contribution in [0.15, 0.2) is 84.3 Å². The molecule has 8 heteroatoms. The van der Waals surface area contributed by atoms with Crippen molar-refractivity contribution in [2.24, 2.45) is 5.16 Å². The van der Waals surface area contributed by atoms with Gasteiger partial charge in [-0.3, -0.25) is 14.6 Å². The van der Waals surface area contributed by atoms with E-state index in [0.29, 0.717) is 30.8 Å². The SMILES string of the molecule is CO/N=C1/C[C@@H](C(=O)NCCNc2ccccc2)N(C(=O)c2ccc(-c3cccnc3)cc2)C1. The highest BCUT2D eigenvalue weighted by molar-refractivity contribution is 6.05.